The molecule has 0 spiro atoms. The molecule has 0 amide bonds. The molecule has 2 aromatic carbocycles. The van der Waals surface area contributed by atoms with Crippen molar-refractivity contribution in [1.82, 2.24) is 4.57 Å². The molecule has 23 heavy (non-hydrogen) atoms. The number of para-hydroxylation sites is 1. The van der Waals surface area contributed by atoms with Gasteiger partial charge in [0.1, 0.15) is 11.6 Å². The molecule has 0 bridgehead atoms. The molecule has 0 atom stereocenters. The highest BCUT2D eigenvalue weighted by molar-refractivity contribution is 6.31. The number of alkyl halides is 3. The molecule has 1 aromatic heterocycles. The van der Waals surface area contributed by atoms with Gasteiger partial charge < -0.3 is 15.0 Å². The molecule has 0 unspecified atom stereocenters. The number of rotatable bonds is 3. The number of halogens is 4. The zero-order valence-corrected chi connectivity index (χ0v) is 12.5. The Morgan fingerprint density at radius 2 is 1.87 bits per heavy atom. The number of nitrogen functional groups attached to an aromatic ring is 1. The second-order valence-corrected chi connectivity index (χ2v) is 5.47. The van der Waals surface area contributed by atoms with Crippen LogP contribution in [-0.4, -0.2) is 10.9 Å². The number of fused-ring (bicyclic) bond motifs is 1. The van der Waals surface area contributed by atoms with Gasteiger partial charge in [0.25, 0.3) is 0 Å². The molecule has 0 radical (unpaired) electrons. The van der Waals surface area contributed by atoms with Crippen LogP contribution in [0.5, 0.6) is 5.75 Å². The SMILES string of the molecule is Nc1c2ccc(Cl)cc2cn1Cc1ccccc1OC(F)(F)F. The van der Waals surface area contributed by atoms with Crippen LogP contribution in [0.15, 0.2) is 48.7 Å². The fourth-order valence-corrected chi connectivity index (χ4v) is 2.62. The normalized spacial score (nSPS) is 11.8. The van der Waals surface area contributed by atoms with Crippen molar-refractivity contribution in [3.63, 3.8) is 0 Å². The zero-order valence-electron chi connectivity index (χ0n) is 11.8. The van der Waals surface area contributed by atoms with E-state index in [4.69, 9.17) is 17.3 Å². The van der Waals surface area contributed by atoms with Gasteiger partial charge in [-0.2, -0.15) is 0 Å². The van der Waals surface area contributed by atoms with Crippen molar-refractivity contribution < 1.29 is 17.9 Å². The Morgan fingerprint density at radius 3 is 2.61 bits per heavy atom. The van der Waals surface area contributed by atoms with Gasteiger partial charge in [-0.15, -0.1) is 13.2 Å². The molecular weight excluding hydrogens is 329 g/mol. The number of hydrogen-bond acceptors (Lipinski definition) is 2. The number of anilines is 1. The predicted octanol–water partition coefficient (Wildman–Crippen LogP) is 4.82. The average Bonchev–Trinajstić information content (AvgIpc) is 2.75. The van der Waals surface area contributed by atoms with Crippen molar-refractivity contribution in [2.75, 3.05) is 5.73 Å². The van der Waals surface area contributed by atoms with Crippen LogP contribution in [0, 0.1) is 0 Å². The Kier molecular flexibility index (Phi) is 3.85. The maximum atomic E-state index is 12.5. The first-order chi connectivity index (χ1) is 10.8. The molecule has 120 valence electrons. The van der Waals surface area contributed by atoms with Crippen molar-refractivity contribution in [3.8, 4) is 5.75 Å². The van der Waals surface area contributed by atoms with E-state index in [-0.39, 0.29) is 12.3 Å². The summed E-state index contributed by atoms with van der Waals surface area (Å²) >= 11 is 5.94. The molecule has 2 N–H and O–H groups in total. The molecule has 0 aliphatic heterocycles. The third-order valence-electron chi connectivity index (χ3n) is 3.43. The Balaban J connectivity index is 1.98. The topological polar surface area (TPSA) is 40.2 Å². The molecule has 7 heteroatoms. The van der Waals surface area contributed by atoms with E-state index in [2.05, 4.69) is 4.74 Å². The van der Waals surface area contributed by atoms with Gasteiger partial charge in [0.2, 0.25) is 0 Å². The number of ether oxygens (including phenoxy) is 1. The highest BCUT2D eigenvalue weighted by atomic mass is 35.5. The van der Waals surface area contributed by atoms with E-state index >= 15 is 0 Å². The lowest BCUT2D eigenvalue weighted by Gasteiger charge is -2.14. The largest absolute Gasteiger partial charge is 0.573 e. The second-order valence-electron chi connectivity index (χ2n) is 5.03. The van der Waals surface area contributed by atoms with Gasteiger partial charge in [-0.05, 0) is 24.3 Å². The van der Waals surface area contributed by atoms with E-state index in [0.29, 0.717) is 16.4 Å². The van der Waals surface area contributed by atoms with E-state index in [0.717, 1.165) is 10.8 Å². The summed E-state index contributed by atoms with van der Waals surface area (Å²) in [5.74, 6) is 0.216. The van der Waals surface area contributed by atoms with Gasteiger partial charge in [-0.3, -0.25) is 0 Å². The maximum Gasteiger partial charge on any atom is 0.573 e. The van der Waals surface area contributed by atoms with Crippen molar-refractivity contribution in [1.29, 1.82) is 0 Å². The first-order valence-corrected chi connectivity index (χ1v) is 7.09. The quantitative estimate of drug-likeness (QED) is 0.742. The number of nitrogens with two attached hydrogens (primary N) is 1. The van der Waals surface area contributed by atoms with Crippen molar-refractivity contribution in [3.05, 3.63) is 59.2 Å². The average molecular weight is 341 g/mol. The van der Waals surface area contributed by atoms with Crippen LogP contribution < -0.4 is 10.5 Å². The number of benzene rings is 2. The van der Waals surface area contributed by atoms with E-state index in [1.54, 1.807) is 41.1 Å². The smallest absolute Gasteiger partial charge is 0.405 e. The minimum atomic E-state index is -4.74. The highest BCUT2D eigenvalue weighted by Crippen LogP contribution is 2.30. The van der Waals surface area contributed by atoms with Crippen LogP contribution in [0.3, 0.4) is 0 Å². The van der Waals surface area contributed by atoms with Gasteiger partial charge in [0.05, 0.1) is 6.54 Å². The Labute approximate surface area is 135 Å². The molecule has 0 aliphatic rings. The Morgan fingerprint density at radius 1 is 1.13 bits per heavy atom. The standard InChI is InChI=1S/C16H12ClF3N2O/c17-12-5-6-13-11(7-12)9-22(15(13)21)8-10-3-1-2-4-14(10)23-16(18,19)20/h1-7,9H,8,21H2. The zero-order chi connectivity index (χ0) is 16.6. The van der Waals surface area contributed by atoms with Gasteiger partial charge in [0, 0.05) is 27.6 Å². The maximum absolute atomic E-state index is 12.5. The summed E-state index contributed by atoms with van der Waals surface area (Å²) in [4.78, 5) is 0. The Hall–Kier alpha value is -2.34. The number of hydrogen-bond donors (Lipinski definition) is 1. The molecule has 0 fully saturated rings. The summed E-state index contributed by atoms with van der Waals surface area (Å²) in [6.07, 6.45) is -2.99. The lowest BCUT2D eigenvalue weighted by Crippen LogP contribution is -2.18. The molecule has 0 saturated heterocycles. The lowest BCUT2D eigenvalue weighted by atomic mass is 10.2. The molecular formula is C16H12ClF3N2O. The van der Waals surface area contributed by atoms with Crippen LogP contribution in [0.1, 0.15) is 5.56 Å². The first kappa shape index (κ1) is 15.6. The minimum Gasteiger partial charge on any atom is -0.405 e. The molecule has 0 aliphatic carbocycles. The number of nitrogens with zero attached hydrogens (tertiary/aromatic N) is 1. The van der Waals surface area contributed by atoms with Crippen molar-refractivity contribution >= 4 is 28.2 Å². The van der Waals surface area contributed by atoms with Crippen molar-refractivity contribution in [2.45, 2.75) is 12.9 Å². The van der Waals surface area contributed by atoms with Crippen LogP contribution >= 0.6 is 11.6 Å². The molecule has 3 aromatic rings. The molecule has 3 rings (SSSR count). The summed E-state index contributed by atoms with van der Waals surface area (Å²) in [5.41, 5.74) is 6.45. The fraction of sp³-hybridized carbons (Fsp3) is 0.125. The van der Waals surface area contributed by atoms with Gasteiger partial charge in [-0.25, -0.2) is 0 Å². The Bertz CT molecular complexity index is 858. The first-order valence-electron chi connectivity index (χ1n) is 6.71. The predicted molar refractivity (Wildman–Crippen MR) is 83.6 cm³/mol. The third-order valence-corrected chi connectivity index (χ3v) is 3.67. The van der Waals surface area contributed by atoms with Gasteiger partial charge in [-0.1, -0.05) is 29.8 Å². The number of aromatic nitrogens is 1. The second kappa shape index (κ2) is 5.70. The molecule has 3 nitrogen and oxygen atoms in total. The van der Waals surface area contributed by atoms with Crippen molar-refractivity contribution in [2.24, 2.45) is 0 Å². The summed E-state index contributed by atoms with van der Waals surface area (Å²) in [5, 5.41) is 2.18. The van der Waals surface area contributed by atoms with E-state index in [1.807, 2.05) is 0 Å². The van der Waals surface area contributed by atoms with Crippen LogP contribution in [0.4, 0.5) is 19.0 Å². The van der Waals surface area contributed by atoms with Gasteiger partial charge in [0.15, 0.2) is 0 Å². The summed E-state index contributed by atoms with van der Waals surface area (Å²) in [6.45, 7) is 0.157. The minimum absolute atomic E-state index is 0.157. The van der Waals surface area contributed by atoms with Crippen LogP contribution in [0.25, 0.3) is 10.8 Å². The van der Waals surface area contributed by atoms with Crippen LogP contribution in [0.2, 0.25) is 5.02 Å². The van der Waals surface area contributed by atoms with Gasteiger partial charge >= 0.3 is 6.36 Å². The summed E-state index contributed by atoms with van der Waals surface area (Å²) < 4.78 is 43.2. The van der Waals surface area contributed by atoms with E-state index in [1.165, 1.54) is 12.1 Å². The van der Waals surface area contributed by atoms with E-state index in [9.17, 15) is 13.2 Å². The monoisotopic (exact) mass is 340 g/mol. The van der Waals surface area contributed by atoms with Crippen LogP contribution in [-0.2, 0) is 6.54 Å². The molecule has 1 heterocycles. The fourth-order valence-electron chi connectivity index (χ4n) is 2.44. The third kappa shape index (κ3) is 3.37. The molecule has 0 saturated carbocycles. The highest BCUT2D eigenvalue weighted by Gasteiger charge is 2.32. The van der Waals surface area contributed by atoms with E-state index < -0.39 is 6.36 Å². The lowest BCUT2D eigenvalue weighted by molar-refractivity contribution is -0.274. The summed E-state index contributed by atoms with van der Waals surface area (Å²) in [6, 6.07) is 11.2. The summed E-state index contributed by atoms with van der Waals surface area (Å²) in [7, 11) is 0.